The molecule has 122 valence electrons. The van der Waals surface area contributed by atoms with Crippen molar-refractivity contribution in [3.63, 3.8) is 0 Å². The van der Waals surface area contributed by atoms with Crippen LogP contribution in [0.5, 0.6) is 0 Å². The van der Waals surface area contributed by atoms with E-state index in [1.165, 1.54) is 6.07 Å². The van der Waals surface area contributed by atoms with Crippen molar-refractivity contribution in [2.75, 3.05) is 23.3 Å². The van der Waals surface area contributed by atoms with Crippen LogP contribution in [0.2, 0.25) is 0 Å². The second-order valence-electron chi connectivity index (χ2n) is 5.92. The molecule has 1 aliphatic heterocycles. The van der Waals surface area contributed by atoms with Gasteiger partial charge in [0.25, 0.3) is 0 Å². The fourth-order valence-electron chi connectivity index (χ4n) is 2.50. The van der Waals surface area contributed by atoms with Gasteiger partial charge in [-0.05, 0) is 37.5 Å². The number of piperidine rings is 1. The Balaban J connectivity index is 2.36. The van der Waals surface area contributed by atoms with Gasteiger partial charge < -0.3 is 10.2 Å². The summed E-state index contributed by atoms with van der Waals surface area (Å²) >= 11 is 0. The van der Waals surface area contributed by atoms with E-state index in [1.807, 2.05) is 4.90 Å². The molecule has 0 unspecified atom stereocenters. The zero-order valence-corrected chi connectivity index (χ0v) is 12.8. The lowest BCUT2D eigenvalue weighted by Gasteiger charge is -2.31. The van der Waals surface area contributed by atoms with Gasteiger partial charge in [-0.1, -0.05) is 13.8 Å². The SMILES string of the molecule is CC(C)C(=O)Nc1cc(C(F)(F)F)ccc1N1CCCCC1. The standard InChI is InChI=1S/C16H21F3N2O/c1-11(2)15(22)20-13-10-12(16(17,18)19)6-7-14(13)21-8-4-3-5-9-21/h6-7,10-11H,3-5,8-9H2,1-2H3,(H,20,22). The number of anilines is 2. The highest BCUT2D eigenvalue weighted by molar-refractivity contribution is 5.95. The number of carbonyl (C=O) groups is 1. The molecule has 0 aliphatic carbocycles. The average molecular weight is 314 g/mol. The summed E-state index contributed by atoms with van der Waals surface area (Å²) in [6, 6.07) is 3.57. The number of amides is 1. The number of carbonyl (C=O) groups excluding carboxylic acids is 1. The molecule has 2 rings (SSSR count). The number of benzene rings is 1. The molecule has 0 aromatic heterocycles. The first-order valence-electron chi connectivity index (χ1n) is 7.56. The molecule has 0 radical (unpaired) electrons. The maximum atomic E-state index is 12.9. The third kappa shape index (κ3) is 3.93. The van der Waals surface area contributed by atoms with Crippen molar-refractivity contribution in [3.05, 3.63) is 23.8 Å². The van der Waals surface area contributed by atoms with E-state index < -0.39 is 11.7 Å². The number of alkyl halides is 3. The monoisotopic (exact) mass is 314 g/mol. The van der Waals surface area contributed by atoms with Crippen LogP contribution in [0, 0.1) is 5.92 Å². The van der Waals surface area contributed by atoms with Crippen LogP contribution in [0.4, 0.5) is 24.5 Å². The summed E-state index contributed by atoms with van der Waals surface area (Å²) < 4.78 is 38.7. The van der Waals surface area contributed by atoms with Gasteiger partial charge in [0.2, 0.25) is 5.91 Å². The third-order valence-corrected chi connectivity index (χ3v) is 3.80. The Kier molecular flexibility index (Phi) is 4.98. The van der Waals surface area contributed by atoms with Gasteiger partial charge in [0.1, 0.15) is 0 Å². The van der Waals surface area contributed by atoms with E-state index in [-0.39, 0.29) is 17.5 Å². The Labute approximate surface area is 128 Å². The number of halogens is 3. The second-order valence-corrected chi connectivity index (χ2v) is 5.92. The zero-order valence-electron chi connectivity index (χ0n) is 12.8. The van der Waals surface area contributed by atoms with Gasteiger partial charge in [-0.3, -0.25) is 4.79 Å². The maximum absolute atomic E-state index is 12.9. The van der Waals surface area contributed by atoms with Gasteiger partial charge >= 0.3 is 6.18 Å². The summed E-state index contributed by atoms with van der Waals surface area (Å²) in [6.45, 7) is 5.03. The van der Waals surface area contributed by atoms with Crippen LogP contribution >= 0.6 is 0 Å². The highest BCUT2D eigenvalue weighted by atomic mass is 19.4. The Bertz CT molecular complexity index is 535. The largest absolute Gasteiger partial charge is 0.416 e. The summed E-state index contributed by atoms with van der Waals surface area (Å²) in [7, 11) is 0. The first-order valence-corrected chi connectivity index (χ1v) is 7.56. The van der Waals surface area contributed by atoms with Gasteiger partial charge in [-0.25, -0.2) is 0 Å². The lowest BCUT2D eigenvalue weighted by molar-refractivity contribution is -0.137. The summed E-state index contributed by atoms with van der Waals surface area (Å²) in [5.41, 5.74) is 0.171. The number of hydrogen-bond acceptors (Lipinski definition) is 2. The van der Waals surface area contributed by atoms with E-state index in [9.17, 15) is 18.0 Å². The Morgan fingerprint density at radius 1 is 1.18 bits per heavy atom. The van der Waals surface area contributed by atoms with Crippen LogP contribution in [-0.4, -0.2) is 19.0 Å². The van der Waals surface area contributed by atoms with Crippen LogP contribution in [0.25, 0.3) is 0 Å². The molecule has 6 heteroatoms. The van der Waals surface area contributed by atoms with Crippen molar-refractivity contribution in [2.24, 2.45) is 5.92 Å². The van der Waals surface area contributed by atoms with E-state index in [0.717, 1.165) is 44.5 Å². The molecule has 22 heavy (non-hydrogen) atoms. The summed E-state index contributed by atoms with van der Waals surface area (Å²) in [6.07, 6.45) is -1.26. The van der Waals surface area contributed by atoms with E-state index in [2.05, 4.69) is 5.32 Å². The number of nitrogens with zero attached hydrogens (tertiary/aromatic N) is 1. The molecule has 1 heterocycles. The van der Waals surface area contributed by atoms with Crippen LogP contribution in [0.1, 0.15) is 38.7 Å². The smallest absolute Gasteiger partial charge is 0.370 e. The highest BCUT2D eigenvalue weighted by Gasteiger charge is 2.32. The van der Waals surface area contributed by atoms with E-state index in [4.69, 9.17) is 0 Å². The molecular weight excluding hydrogens is 293 g/mol. The number of hydrogen-bond donors (Lipinski definition) is 1. The Morgan fingerprint density at radius 3 is 2.36 bits per heavy atom. The summed E-state index contributed by atoms with van der Waals surface area (Å²) in [5, 5.41) is 2.64. The molecule has 0 spiro atoms. The molecular formula is C16H21F3N2O. The van der Waals surface area contributed by atoms with Crippen LogP contribution in [0.3, 0.4) is 0 Å². The van der Waals surface area contributed by atoms with E-state index >= 15 is 0 Å². The van der Waals surface area contributed by atoms with Crippen molar-refractivity contribution in [3.8, 4) is 0 Å². The molecule has 1 aliphatic rings. The zero-order chi connectivity index (χ0) is 16.3. The number of rotatable bonds is 3. The van der Waals surface area contributed by atoms with Gasteiger partial charge in [0.15, 0.2) is 0 Å². The minimum atomic E-state index is -4.42. The molecule has 0 bridgehead atoms. The van der Waals surface area contributed by atoms with Crippen LogP contribution in [-0.2, 0) is 11.0 Å². The quantitative estimate of drug-likeness (QED) is 0.902. The number of nitrogens with one attached hydrogen (secondary N) is 1. The molecule has 1 saturated heterocycles. The normalized spacial score (nSPS) is 16.0. The molecule has 1 fully saturated rings. The highest BCUT2D eigenvalue weighted by Crippen LogP contribution is 2.36. The van der Waals surface area contributed by atoms with E-state index in [0.29, 0.717) is 5.69 Å². The van der Waals surface area contributed by atoms with Gasteiger partial charge in [-0.2, -0.15) is 13.2 Å². The first kappa shape index (κ1) is 16.6. The van der Waals surface area contributed by atoms with Crippen molar-refractivity contribution < 1.29 is 18.0 Å². The molecule has 0 atom stereocenters. The second kappa shape index (κ2) is 6.58. The first-order chi connectivity index (χ1) is 10.3. The Hall–Kier alpha value is -1.72. The van der Waals surface area contributed by atoms with Gasteiger partial charge in [-0.15, -0.1) is 0 Å². The summed E-state index contributed by atoms with van der Waals surface area (Å²) in [5.74, 6) is -0.568. The van der Waals surface area contributed by atoms with E-state index in [1.54, 1.807) is 13.8 Å². The van der Waals surface area contributed by atoms with Crippen LogP contribution in [0.15, 0.2) is 18.2 Å². The minimum Gasteiger partial charge on any atom is -0.370 e. The van der Waals surface area contributed by atoms with Crippen molar-refractivity contribution >= 4 is 17.3 Å². The minimum absolute atomic E-state index is 0.246. The van der Waals surface area contributed by atoms with Gasteiger partial charge in [0, 0.05) is 19.0 Å². The van der Waals surface area contributed by atoms with Crippen molar-refractivity contribution in [2.45, 2.75) is 39.3 Å². The fourth-order valence-corrected chi connectivity index (χ4v) is 2.50. The van der Waals surface area contributed by atoms with Gasteiger partial charge in [0.05, 0.1) is 16.9 Å². The predicted molar refractivity (Wildman–Crippen MR) is 81.0 cm³/mol. The molecule has 0 saturated carbocycles. The third-order valence-electron chi connectivity index (χ3n) is 3.80. The van der Waals surface area contributed by atoms with Crippen molar-refractivity contribution in [1.29, 1.82) is 0 Å². The lowest BCUT2D eigenvalue weighted by atomic mass is 10.1. The molecule has 1 aromatic rings. The lowest BCUT2D eigenvalue weighted by Crippen LogP contribution is -2.31. The topological polar surface area (TPSA) is 32.3 Å². The molecule has 3 nitrogen and oxygen atoms in total. The molecule has 1 amide bonds. The average Bonchev–Trinajstić information content (AvgIpc) is 2.47. The summed E-state index contributed by atoms with van der Waals surface area (Å²) in [4.78, 5) is 13.9. The fraction of sp³-hybridized carbons (Fsp3) is 0.562. The Morgan fingerprint density at radius 2 is 1.82 bits per heavy atom. The predicted octanol–water partition coefficient (Wildman–Crippen LogP) is 4.29. The molecule has 1 aromatic carbocycles. The van der Waals surface area contributed by atoms with Crippen LogP contribution < -0.4 is 10.2 Å². The molecule has 1 N–H and O–H groups in total. The maximum Gasteiger partial charge on any atom is 0.416 e. The van der Waals surface area contributed by atoms with Crippen molar-refractivity contribution in [1.82, 2.24) is 0 Å².